The zero-order chi connectivity index (χ0) is 16.4. The first kappa shape index (κ1) is 15.8. The molecule has 122 valence electrons. The summed E-state index contributed by atoms with van der Waals surface area (Å²) in [5, 5.41) is 21.4. The van der Waals surface area contributed by atoms with E-state index in [1.54, 1.807) is 7.11 Å². The minimum absolute atomic E-state index is 0.350. The number of carboxylic acids is 1. The van der Waals surface area contributed by atoms with Crippen LogP contribution in [0.25, 0.3) is 10.8 Å². The van der Waals surface area contributed by atoms with Gasteiger partial charge in [0, 0.05) is 25.2 Å². The average Bonchev–Trinajstić information content (AvgIpc) is 2.56. The summed E-state index contributed by atoms with van der Waals surface area (Å²) in [4.78, 5) is 13.4. The summed E-state index contributed by atoms with van der Waals surface area (Å²) >= 11 is 0. The predicted octanol–water partition coefficient (Wildman–Crippen LogP) is 2.12. The van der Waals surface area contributed by atoms with Crippen molar-refractivity contribution in [2.75, 3.05) is 20.2 Å². The predicted molar refractivity (Wildman–Crippen MR) is 87.5 cm³/mol. The number of hydrogen-bond acceptors (Lipinski definition) is 4. The second kappa shape index (κ2) is 6.56. The SMILES string of the molecule is COc1ccc2ccccc2c1CN1CC[C@@H](O)[C@H](C(=O)O)C1. The maximum absolute atomic E-state index is 11.3. The first-order valence-corrected chi connectivity index (χ1v) is 7.78. The Bertz CT molecular complexity index is 715. The topological polar surface area (TPSA) is 70.0 Å². The Morgan fingerprint density at radius 3 is 2.83 bits per heavy atom. The fraction of sp³-hybridized carbons (Fsp3) is 0.389. The van der Waals surface area contributed by atoms with E-state index in [0.29, 0.717) is 26.1 Å². The number of likely N-dealkylation sites (tertiary alicyclic amines) is 1. The quantitative estimate of drug-likeness (QED) is 0.904. The molecule has 23 heavy (non-hydrogen) atoms. The fourth-order valence-electron chi connectivity index (χ4n) is 3.29. The highest BCUT2D eigenvalue weighted by molar-refractivity contribution is 5.87. The molecule has 1 aliphatic rings. The number of aliphatic hydroxyl groups excluding tert-OH is 1. The molecular weight excluding hydrogens is 294 g/mol. The standard InChI is InChI=1S/C18H21NO4/c1-23-17-7-6-12-4-2-3-5-13(12)14(17)10-19-9-8-16(20)15(11-19)18(21)22/h2-7,15-16,20H,8-11H2,1H3,(H,21,22)/t15-,16-/m1/s1. The molecule has 0 bridgehead atoms. The summed E-state index contributed by atoms with van der Waals surface area (Å²) in [6.45, 7) is 1.64. The Morgan fingerprint density at radius 1 is 1.30 bits per heavy atom. The highest BCUT2D eigenvalue weighted by Crippen LogP contribution is 2.30. The molecule has 0 saturated carbocycles. The molecule has 0 radical (unpaired) electrons. The molecule has 0 aromatic heterocycles. The van der Waals surface area contributed by atoms with Crippen molar-refractivity contribution in [1.29, 1.82) is 0 Å². The van der Waals surface area contributed by atoms with Gasteiger partial charge in [-0.2, -0.15) is 0 Å². The fourth-order valence-corrected chi connectivity index (χ4v) is 3.29. The molecule has 5 heteroatoms. The summed E-state index contributed by atoms with van der Waals surface area (Å²) in [6, 6.07) is 12.1. The normalized spacial score (nSPS) is 22.2. The molecule has 3 rings (SSSR count). The third-order valence-electron chi connectivity index (χ3n) is 4.58. The number of methoxy groups -OCH3 is 1. The van der Waals surface area contributed by atoms with Crippen molar-refractivity contribution in [1.82, 2.24) is 4.90 Å². The van der Waals surface area contributed by atoms with Gasteiger partial charge in [0.25, 0.3) is 0 Å². The van der Waals surface area contributed by atoms with Crippen LogP contribution in [0.5, 0.6) is 5.75 Å². The van der Waals surface area contributed by atoms with E-state index < -0.39 is 18.0 Å². The Kier molecular flexibility index (Phi) is 4.50. The molecule has 0 aliphatic carbocycles. The average molecular weight is 315 g/mol. The van der Waals surface area contributed by atoms with Crippen molar-refractivity contribution in [3.63, 3.8) is 0 Å². The van der Waals surface area contributed by atoms with Crippen molar-refractivity contribution in [2.24, 2.45) is 5.92 Å². The minimum atomic E-state index is -0.938. The van der Waals surface area contributed by atoms with Crippen LogP contribution in [-0.2, 0) is 11.3 Å². The van der Waals surface area contributed by atoms with Gasteiger partial charge in [-0.05, 0) is 23.3 Å². The summed E-state index contributed by atoms with van der Waals surface area (Å²) in [5.74, 6) is -0.862. The first-order chi connectivity index (χ1) is 11.1. The molecule has 2 aromatic rings. The van der Waals surface area contributed by atoms with Gasteiger partial charge in [0.05, 0.1) is 19.1 Å². The molecule has 1 fully saturated rings. The van der Waals surface area contributed by atoms with E-state index in [1.165, 1.54) is 0 Å². The van der Waals surface area contributed by atoms with Crippen LogP contribution >= 0.6 is 0 Å². The van der Waals surface area contributed by atoms with Gasteiger partial charge in [0.1, 0.15) is 5.75 Å². The third-order valence-corrected chi connectivity index (χ3v) is 4.58. The molecule has 2 aromatic carbocycles. The van der Waals surface area contributed by atoms with Gasteiger partial charge in [-0.25, -0.2) is 0 Å². The number of hydrogen-bond donors (Lipinski definition) is 2. The number of carboxylic acid groups (broad SMARTS) is 1. The smallest absolute Gasteiger partial charge is 0.310 e. The molecular formula is C18H21NO4. The van der Waals surface area contributed by atoms with E-state index in [1.807, 2.05) is 24.3 Å². The summed E-state index contributed by atoms with van der Waals surface area (Å²) in [5.41, 5.74) is 1.06. The van der Waals surface area contributed by atoms with Gasteiger partial charge in [0.15, 0.2) is 0 Å². The van der Waals surface area contributed by atoms with E-state index >= 15 is 0 Å². The van der Waals surface area contributed by atoms with Crippen LogP contribution in [0.1, 0.15) is 12.0 Å². The number of ether oxygens (including phenoxy) is 1. The van der Waals surface area contributed by atoms with Crippen LogP contribution in [0.3, 0.4) is 0 Å². The number of aliphatic hydroxyl groups is 1. The lowest BCUT2D eigenvalue weighted by atomic mass is 9.94. The number of fused-ring (bicyclic) bond motifs is 1. The van der Waals surface area contributed by atoms with Gasteiger partial charge in [-0.1, -0.05) is 30.3 Å². The molecule has 1 saturated heterocycles. The van der Waals surface area contributed by atoms with Crippen molar-refractivity contribution in [3.8, 4) is 5.75 Å². The Labute approximate surface area is 135 Å². The van der Waals surface area contributed by atoms with Gasteiger partial charge in [0.2, 0.25) is 0 Å². The largest absolute Gasteiger partial charge is 0.496 e. The molecule has 0 amide bonds. The lowest BCUT2D eigenvalue weighted by molar-refractivity contribution is -0.149. The molecule has 2 atom stereocenters. The van der Waals surface area contributed by atoms with E-state index in [9.17, 15) is 15.0 Å². The number of carbonyl (C=O) groups is 1. The molecule has 1 aliphatic heterocycles. The van der Waals surface area contributed by atoms with E-state index in [4.69, 9.17) is 4.74 Å². The number of aliphatic carboxylic acids is 1. The summed E-state index contributed by atoms with van der Waals surface area (Å²) in [6.07, 6.45) is -0.289. The zero-order valence-corrected chi connectivity index (χ0v) is 13.1. The maximum Gasteiger partial charge on any atom is 0.310 e. The second-order valence-electron chi connectivity index (χ2n) is 6.00. The highest BCUT2D eigenvalue weighted by atomic mass is 16.5. The number of rotatable bonds is 4. The van der Waals surface area contributed by atoms with Crippen LogP contribution in [0.15, 0.2) is 36.4 Å². The zero-order valence-electron chi connectivity index (χ0n) is 13.1. The van der Waals surface area contributed by atoms with Crippen molar-refractivity contribution >= 4 is 16.7 Å². The molecule has 5 nitrogen and oxygen atoms in total. The summed E-state index contributed by atoms with van der Waals surface area (Å²) in [7, 11) is 1.65. The van der Waals surface area contributed by atoms with Crippen molar-refractivity contribution in [3.05, 3.63) is 42.0 Å². The lowest BCUT2D eigenvalue weighted by Crippen LogP contribution is -2.46. The Hall–Kier alpha value is -2.11. The molecule has 2 N–H and O–H groups in total. The lowest BCUT2D eigenvalue weighted by Gasteiger charge is -2.34. The minimum Gasteiger partial charge on any atom is -0.496 e. The second-order valence-corrected chi connectivity index (χ2v) is 6.00. The highest BCUT2D eigenvalue weighted by Gasteiger charge is 2.33. The van der Waals surface area contributed by atoms with Gasteiger partial charge in [-0.3, -0.25) is 9.69 Å². The van der Waals surface area contributed by atoms with Crippen molar-refractivity contribution in [2.45, 2.75) is 19.1 Å². The van der Waals surface area contributed by atoms with Crippen molar-refractivity contribution < 1.29 is 19.7 Å². The van der Waals surface area contributed by atoms with Crippen LogP contribution in [-0.4, -0.2) is 47.4 Å². The van der Waals surface area contributed by atoms with Crippen LogP contribution in [0.2, 0.25) is 0 Å². The molecule has 0 unspecified atom stereocenters. The number of benzene rings is 2. The number of piperidine rings is 1. The van der Waals surface area contributed by atoms with E-state index in [2.05, 4.69) is 17.0 Å². The van der Waals surface area contributed by atoms with Gasteiger partial charge < -0.3 is 14.9 Å². The molecule has 0 spiro atoms. The monoisotopic (exact) mass is 315 g/mol. The first-order valence-electron chi connectivity index (χ1n) is 7.78. The van der Waals surface area contributed by atoms with Crippen LogP contribution in [0, 0.1) is 5.92 Å². The van der Waals surface area contributed by atoms with E-state index in [0.717, 1.165) is 22.1 Å². The van der Waals surface area contributed by atoms with Crippen LogP contribution < -0.4 is 4.74 Å². The van der Waals surface area contributed by atoms with Gasteiger partial charge in [-0.15, -0.1) is 0 Å². The number of nitrogens with zero attached hydrogens (tertiary/aromatic N) is 1. The maximum atomic E-state index is 11.3. The van der Waals surface area contributed by atoms with Gasteiger partial charge >= 0.3 is 5.97 Å². The third kappa shape index (κ3) is 3.16. The molecule has 1 heterocycles. The summed E-state index contributed by atoms with van der Waals surface area (Å²) < 4.78 is 5.50. The van der Waals surface area contributed by atoms with Crippen LogP contribution in [0.4, 0.5) is 0 Å². The Balaban J connectivity index is 1.90. The Morgan fingerprint density at radius 2 is 2.09 bits per heavy atom. The van der Waals surface area contributed by atoms with E-state index in [-0.39, 0.29) is 0 Å².